The Morgan fingerprint density at radius 3 is 3.20 bits per heavy atom. The van der Waals surface area contributed by atoms with E-state index >= 15 is 0 Å². The van der Waals surface area contributed by atoms with Crippen LogP contribution >= 0.6 is 0 Å². The molecule has 2 aliphatic rings. The van der Waals surface area contributed by atoms with Crippen molar-refractivity contribution in [2.75, 3.05) is 26.3 Å². The van der Waals surface area contributed by atoms with E-state index in [4.69, 9.17) is 9.84 Å². The lowest BCUT2D eigenvalue weighted by Gasteiger charge is -2.34. The van der Waals surface area contributed by atoms with Gasteiger partial charge in [-0.25, -0.2) is 0 Å². The van der Waals surface area contributed by atoms with Gasteiger partial charge in [0.2, 0.25) is 0 Å². The highest BCUT2D eigenvalue weighted by Crippen LogP contribution is 2.24. The summed E-state index contributed by atoms with van der Waals surface area (Å²) in [5, 5.41) is 12.1. The van der Waals surface area contributed by atoms with Crippen molar-refractivity contribution in [1.82, 2.24) is 15.2 Å². The number of carbonyl (C=O) groups is 1. The van der Waals surface area contributed by atoms with Gasteiger partial charge in [-0.3, -0.25) is 9.69 Å². The third-order valence-corrected chi connectivity index (χ3v) is 4.14. The molecule has 0 unspecified atom stereocenters. The molecule has 0 saturated carbocycles. The summed E-state index contributed by atoms with van der Waals surface area (Å²) in [6, 6.07) is 2.35. The first kappa shape index (κ1) is 13.6. The number of rotatable bonds is 4. The van der Waals surface area contributed by atoms with Crippen LogP contribution in [-0.2, 0) is 4.74 Å². The van der Waals surface area contributed by atoms with Crippen LogP contribution in [0, 0.1) is 0 Å². The van der Waals surface area contributed by atoms with Crippen LogP contribution < -0.4 is 5.32 Å². The zero-order valence-electron chi connectivity index (χ0n) is 11.4. The van der Waals surface area contributed by atoms with E-state index < -0.39 is 0 Å². The number of H-pyrrole nitrogens is 1. The first-order chi connectivity index (χ1) is 9.76. The fourth-order valence-electron chi connectivity index (χ4n) is 3.10. The van der Waals surface area contributed by atoms with E-state index in [1.165, 1.54) is 0 Å². The van der Waals surface area contributed by atoms with Crippen molar-refractivity contribution >= 4 is 5.91 Å². The molecule has 1 aromatic rings. The molecular weight excluding hydrogens is 258 g/mol. The molecule has 0 aromatic carbocycles. The van der Waals surface area contributed by atoms with Crippen molar-refractivity contribution < 1.29 is 14.6 Å². The Bertz CT molecular complexity index is 449. The molecule has 110 valence electrons. The molecule has 1 amide bonds. The van der Waals surface area contributed by atoms with E-state index in [0.29, 0.717) is 24.6 Å². The van der Waals surface area contributed by atoms with Gasteiger partial charge in [-0.1, -0.05) is 0 Å². The highest BCUT2D eigenvalue weighted by atomic mass is 16.5. The second kappa shape index (κ2) is 5.95. The smallest absolute Gasteiger partial charge is 0.253 e. The number of hydrogen-bond donors (Lipinski definition) is 3. The normalized spacial score (nSPS) is 30.1. The monoisotopic (exact) mass is 279 g/mol. The van der Waals surface area contributed by atoms with Crippen molar-refractivity contribution in [3.63, 3.8) is 0 Å². The SMILES string of the molecule is O=C(N[C@@H]1C[C@H]2CO[C@@H](CCO)CN2C1)c1cc[nH]c1. The number of aromatic nitrogens is 1. The molecule has 2 aliphatic heterocycles. The predicted molar refractivity (Wildman–Crippen MR) is 73.5 cm³/mol. The lowest BCUT2D eigenvalue weighted by molar-refractivity contribution is -0.0566. The van der Waals surface area contributed by atoms with Crippen molar-refractivity contribution in [2.24, 2.45) is 0 Å². The third kappa shape index (κ3) is 2.87. The lowest BCUT2D eigenvalue weighted by atomic mass is 10.1. The van der Waals surface area contributed by atoms with Crippen molar-refractivity contribution in [2.45, 2.75) is 31.0 Å². The standard InChI is InChI=1S/C14H21N3O3/c18-4-2-13-8-17-7-11(5-12(17)9-20-13)16-14(19)10-1-3-15-6-10/h1,3,6,11-13,15,18H,2,4-5,7-9H2,(H,16,19)/t11-,12+,13+/m1/s1. The molecule has 3 rings (SSSR count). The van der Waals surface area contributed by atoms with Gasteiger partial charge in [0, 0.05) is 44.2 Å². The Kier molecular flexibility index (Phi) is 4.05. The van der Waals surface area contributed by atoms with Gasteiger partial charge in [-0.05, 0) is 18.9 Å². The Hall–Kier alpha value is -1.37. The Morgan fingerprint density at radius 2 is 2.45 bits per heavy atom. The molecule has 3 N–H and O–H groups in total. The summed E-state index contributed by atoms with van der Waals surface area (Å²) in [6.45, 7) is 2.58. The molecular formula is C14H21N3O3. The van der Waals surface area contributed by atoms with Gasteiger partial charge in [0.05, 0.1) is 18.3 Å². The number of amides is 1. The number of fused-ring (bicyclic) bond motifs is 1. The van der Waals surface area contributed by atoms with Crippen LogP contribution in [0.3, 0.4) is 0 Å². The largest absolute Gasteiger partial charge is 0.396 e. The third-order valence-electron chi connectivity index (χ3n) is 4.14. The summed E-state index contributed by atoms with van der Waals surface area (Å²) in [5.74, 6) is -0.0241. The van der Waals surface area contributed by atoms with Gasteiger partial charge < -0.3 is 20.1 Å². The van der Waals surface area contributed by atoms with Gasteiger partial charge in [-0.2, -0.15) is 0 Å². The van der Waals surface area contributed by atoms with Crippen LogP contribution in [0.25, 0.3) is 0 Å². The Morgan fingerprint density at radius 1 is 1.55 bits per heavy atom. The summed E-state index contributed by atoms with van der Waals surface area (Å²) >= 11 is 0. The summed E-state index contributed by atoms with van der Waals surface area (Å²) in [7, 11) is 0. The number of aliphatic hydroxyl groups is 1. The fraction of sp³-hybridized carbons (Fsp3) is 0.643. The van der Waals surface area contributed by atoms with Crippen LogP contribution in [-0.4, -0.2) is 65.4 Å². The average Bonchev–Trinajstić information content (AvgIpc) is 3.06. The van der Waals surface area contributed by atoms with Gasteiger partial charge in [0.25, 0.3) is 5.91 Å². The molecule has 2 fully saturated rings. The topological polar surface area (TPSA) is 77.6 Å². The zero-order valence-corrected chi connectivity index (χ0v) is 11.4. The van der Waals surface area contributed by atoms with E-state index in [1.807, 2.05) is 0 Å². The lowest BCUT2D eigenvalue weighted by Crippen LogP contribution is -2.46. The first-order valence-corrected chi connectivity index (χ1v) is 7.16. The molecule has 3 heterocycles. The van der Waals surface area contributed by atoms with Crippen LogP contribution in [0.1, 0.15) is 23.2 Å². The highest BCUT2D eigenvalue weighted by Gasteiger charge is 2.37. The number of aliphatic hydroxyl groups excluding tert-OH is 1. The van der Waals surface area contributed by atoms with E-state index in [2.05, 4.69) is 15.2 Å². The average molecular weight is 279 g/mol. The minimum absolute atomic E-state index is 0.0241. The Balaban J connectivity index is 1.53. The van der Waals surface area contributed by atoms with E-state index in [1.54, 1.807) is 18.5 Å². The van der Waals surface area contributed by atoms with Gasteiger partial charge in [-0.15, -0.1) is 0 Å². The molecule has 0 aliphatic carbocycles. The molecule has 0 spiro atoms. The maximum atomic E-state index is 12.0. The minimum Gasteiger partial charge on any atom is -0.396 e. The zero-order chi connectivity index (χ0) is 13.9. The summed E-state index contributed by atoms with van der Waals surface area (Å²) in [4.78, 5) is 17.3. The highest BCUT2D eigenvalue weighted by molar-refractivity contribution is 5.94. The maximum absolute atomic E-state index is 12.0. The second-order valence-corrected chi connectivity index (χ2v) is 5.58. The quantitative estimate of drug-likeness (QED) is 0.723. The number of hydrogen-bond acceptors (Lipinski definition) is 4. The summed E-state index contributed by atoms with van der Waals surface area (Å²) < 4.78 is 5.74. The Labute approximate surface area is 118 Å². The van der Waals surface area contributed by atoms with Crippen molar-refractivity contribution in [1.29, 1.82) is 0 Å². The van der Waals surface area contributed by atoms with Crippen LogP contribution in [0.15, 0.2) is 18.5 Å². The van der Waals surface area contributed by atoms with Crippen LogP contribution in [0.2, 0.25) is 0 Å². The van der Waals surface area contributed by atoms with Crippen LogP contribution in [0.5, 0.6) is 0 Å². The minimum atomic E-state index is -0.0241. The van der Waals surface area contributed by atoms with Crippen molar-refractivity contribution in [3.8, 4) is 0 Å². The number of nitrogens with one attached hydrogen (secondary N) is 2. The molecule has 0 bridgehead atoms. The van der Waals surface area contributed by atoms with E-state index in [-0.39, 0.29) is 24.7 Å². The predicted octanol–water partition coefficient (Wildman–Crippen LogP) is -0.0314. The summed E-state index contributed by atoms with van der Waals surface area (Å²) in [5.41, 5.74) is 0.671. The molecule has 20 heavy (non-hydrogen) atoms. The molecule has 6 heteroatoms. The number of aromatic amines is 1. The maximum Gasteiger partial charge on any atom is 0.253 e. The van der Waals surface area contributed by atoms with Crippen molar-refractivity contribution in [3.05, 3.63) is 24.0 Å². The number of carbonyl (C=O) groups excluding carboxylic acids is 1. The number of nitrogens with zero attached hydrogens (tertiary/aromatic N) is 1. The summed E-state index contributed by atoms with van der Waals surface area (Å²) in [6.07, 6.45) is 5.19. The fourth-order valence-corrected chi connectivity index (χ4v) is 3.10. The molecule has 3 atom stereocenters. The number of ether oxygens (including phenoxy) is 1. The molecule has 6 nitrogen and oxygen atoms in total. The second-order valence-electron chi connectivity index (χ2n) is 5.58. The van der Waals surface area contributed by atoms with E-state index in [0.717, 1.165) is 19.5 Å². The van der Waals surface area contributed by atoms with Crippen LogP contribution in [0.4, 0.5) is 0 Å². The van der Waals surface area contributed by atoms with Gasteiger partial charge in [0.15, 0.2) is 0 Å². The molecule has 0 radical (unpaired) electrons. The first-order valence-electron chi connectivity index (χ1n) is 7.16. The van der Waals surface area contributed by atoms with Gasteiger partial charge >= 0.3 is 0 Å². The van der Waals surface area contributed by atoms with E-state index in [9.17, 15) is 4.79 Å². The molecule has 1 aromatic heterocycles. The number of morpholine rings is 1. The molecule has 2 saturated heterocycles. The van der Waals surface area contributed by atoms with Gasteiger partial charge in [0.1, 0.15) is 0 Å².